The van der Waals surface area contributed by atoms with Gasteiger partial charge < -0.3 is 16.2 Å². The van der Waals surface area contributed by atoms with E-state index in [4.69, 9.17) is 10.8 Å². The molecule has 5 heteroatoms. The standard InChI is InChI=1S/C14H18N2O3/c1-2-6-11(15)13(17)16-12(14(18)19)9-10-7-4-3-5-8-10/h2-5,7-8,11-12H,1,6,9,15H2,(H,16,17)(H,18,19)/t11?,12-/m0/s1. The number of amides is 1. The molecule has 0 saturated carbocycles. The van der Waals surface area contributed by atoms with Crippen molar-refractivity contribution in [2.75, 3.05) is 0 Å². The number of carbonyl (C=O) groups is 2. The van der Waals surface area contributed by atoms with Crippen LogP contribution < -0.4 is 11.1 Å². The third-order valence-electron chi connectivity index (χ3n) is 2.65. The molecule has 0 aliphatic heterocycles. The molecule has 2 atom stereocenters. The predicted molar refractivity (Wildman–Crippen MR) is 72.5 cm³/mol. The Bertz CT molecular complexity index is 445. The van der Waals surface area contributed by atoms with Gasteiger partial charge in [0.15, 0.2) is 0 Å². The van der Waals surface area contributed by atoms with Gasteiger partial charge >= 0.3 is 5.97 Å². The third kappa shape index (κ3) is 4.93. The molecule has 1 aromatic rings. The fourth-order valence-corrected chi connectivity index (χ4v) is 1.62. The number of aliphatic carboxylic acids is 1. The summed E-state index contributed by atoms with van der Waals surface area (Å²) in [5.74, 6) is -1.56. The maximum atomic E-state index is 11.7. The highest BCUT2D eigenvalue weighted by Crippen LogP contribution is 2.04. The van der Waals surface area contributed by atoms with E-state index in [1.54, 1.807) is 0 Å². The van der Waals surface area contributed by atoms with E-state index in [2.05, 4.69) is 11.9 Å². The molecule has 0 aliphatic carbocycles. The van der Waals surface area contributed by atoms with Gasteiger partial charge in [-0.3, -0.25) is 4.79 Å². The summed E-state index contributed by atoms with van der Waals surface area (Å²) in [4.78, 5) is 22.8. The molecule has 0 saturated heterocycles. The van der Waals surface area contributed by atoms with Crippen molar-refractivity contribution in [1.29, 1.82) is 0 Å². The number of carbonyl (C=O) groups excluding carboxylic acids is 1. The number of carboxylic acid groups (broad SMARTS) is 1. The van der Waals surface area contributed by atoms with E-state index in [9.17, 15) is 9.59 Å². The van der Waals surface area contributed by atoms with E-state index in [0.29, 0.717) is 6.42 Å². The summed E-state index contributed by atoms with van der Waals surface area (Å²) in [5.41, 5.74) is 6.43. The van der Waals surface area contributed by atoms with Crippen LogP contribution in [0.1, 0.15) is 12.0 Å². The van der Waals surface area contributed by atoms with Crippen LogP contribution in [0, 0.1) is 0 Å². The summed E-state index contributed by atoms with van der Waals surface area (Å²) in [7, 11) is 0. The average Bonchev–Trinajstić information content (AvgIpc) is 2.39. The largest absolute Gasteiger partial charge is 0.480 e. The lowest BCUT2D eigenvalue weighted by Crippen LogP contribution is -2.49. The first kappa shape index (κ1) is 14.9. The predicted octanol–water partition coefficient (Wildman–Crippen LogP) is 0.702. The molecule has 0 bridgehead atoms. The van der Waals surface area contributed by atoms with Crippen molar-refractivity contribution in [2.24, 2.45) is 5.73 Å². The molecule has 0 aromatic heterocycles. The van der Waals surface area contributed by atoms with Crippen molar-refractivity contribution in [3.63, 3.8) is 0 Å². The first-order valence-electron chi connectivity index (χ1n) is 5.98. The lowest BCUT2D eigenvalue weighted by Gasteiger charge is -2.17. The summed E-state index contributed by atoms with van der Waals surface area (Å²) in [6, 6.07) is 7.36. The maximum Gasteiger partial charge on any atom is 0.326 e. The molecule has 5 nitrogen and oxygen atoms in total. The molecular weight excluding hydrogens is 244 g/mol. The molecule has 0 spiro atoms. The highest BCUT2D eigenvalue weighted by Gasteiger charge is 2.22. The quantitative estimate of drug-likeness (QED) is 0.631. The zero-order chi connectivity index (χ0) is 14.3. The minimum atomic E-state index is -1.08. The van der Waals surface area contributed by atoms with Gasteiger partial charge in [0.25, 0.3) is 0 Å². The van der Waals surface area contributed by atoms with Crippen molar-refractivity contribution in [3.8, 4) is 0 Å². The normalized spacial score (nSPS) is 13.3. The van der Waals surface area contributed by atoms with Crippen LogP contribution in [-0.4, -0.2) is 29.1 Å². The molecule has 0 aliphatic rings. The Morgan fingerprint density at radius 1 is 1.37 bits per heavy atom. The van der Waals surface area contributed by atoms with Crippen LogP contribution in [0.3, 0.4) is 0 Å². The molecule has 1 amide bonds. The molecule has 1 unspecified atom stereocenters. The highest BCUT2D eigenvalue weighted by atomic mass is 16.4. The lowest BCUT2D eigenvalue weighted by molar-refractivity contribution is -0.141. The third-order valence-corrected chi connectivity index (χ3v) is 2.65. The fourth-order valence-electron chi connectivity index (χ4n) is 1.62. The Morgan fingerprint density at radius 2 is 2.00 bits per heavy atom. The zero-order valence-electron chi connectivity index (χ0n) is 10.6. The molecule has 4 N–H and O–H groups in total. The second-order valence-corrected chi connectivity index (χ2v) is 4.22. The number of rotatable bonds is 7. The number of nitrogens with one attached hydrogen (secondary N) is 1. The summed E-state index contributed by atoms with van der Waals surface area (Å²) >= 11 is 0. The van der Waals surface area contributed by atoms with Gasteiger partial charge in [-0.2, -0.15) is 0 Å². The molecule has 1 aromatic carbocycles. The maximum absolute atomic E-state index is 11.7. The lowest BCUT2D eigenvalue weighted by atomic mass is 10.1. The van der Waals surface area contributed by atoms with Crippen molar-refractivity contribution >= 4 is 11.9 Å². The van der Waals surface area contributed by atoms with Crippen LogP contribution >= 0.6 is 0 Å². The van der Waals surface area contributed by atoms with Gasteiger partial charge in [-0.25, -0.2) is 4.79 Å². The topological polar surface area (TPSA) is 92.4 Å². The van der Waals surface area contributed by atoms with Crippen molar-refractivity contribution < 1.29 is 14.7 Å². The first-order chi connectivity index (χ1) is 9.04. The SMILES string of the molecule is C=CCC(N)C(=O)N[C@@H](Cc1ccccc1)C(=O)O. The smallest absolute Gasteiger partial charge is 0.326 e. The Morgan fingerprint density at radius 3 is 2.53 bits per heavy atom. The summed E-state index contributed by atoms with van der Waals surface area (Å²) in [6.45, 7) is 3.49. The van der Waals surface area contributed by atoms with Gasteiger partial charge in [0.1, 0.15) is 6.04 Å². The first-order valence-corrected chi connectivity index (χ1v) is 5.98. The number of carboxylic acids is 1. The van der Waals surface area contributed by atoms with Crippen molar-refractivity contribution in [1.82, 2.24) is 5.32 Å². The van der Waals surface area contributed by atoms with E-state index in [1.807, 2.05) is 30.3 Å². The van der Waals surface area contributed by atoms with Gasteiger partial charge in [0.2, 0.25) is 5.91 Å². The molecule has 0 radical (unpaired) electrons. The number of benzene rings is 1. The average molecular weight is 262 g/mol. The van der Waals surface area contributed by atoms with E-state index in [1.165, 1.54) is 6.08 Å². The van der Waals surface area contributed by atoms with E-state index < -0.39 is 24.0 Å². The van der Waals surface area contributed by atoms with E-state index >= 15 is 0 Å². The van der Waals surface area contributed by atoms with Gasteiger partial charge in [-0.05, 0) is 12.0 Å². The van der Waals surface area contributed by atoms with Crippen LogP contribution in [0.5, 0.6) is 0 Å². The molecule has 0 fully saturated rings. The summed E-state index contributed by atoms with van der Waals surface area (Å²) in [5, 5.41) is 11.6. The van der Waals surface area contributed by atoms with Gasteiger partial charge in [0, 0.05) is 6.42 Å². The van der Waals surface area contributed by atoms with Crippen molar-refractivity contribution in [3.05, 3.63) is 48.6 Å². The Balaban J connectivity index is 2.66. The van der Waals surface area contributed by atoms with Crippen LogP contribution in [-0.2, 0) is 16.0 Å². The van der Waals surface area contributed by atoms with Gasteiger partial charge in [-0.15, -0.1) is 6.58 Å². The minimum absolute atomic E-state index is 0.225. The summed E-state index contributed by atoms with van der Waals surface area (Å²) in [6.07, 6.45) is 2.06. The molecule has 1 rings (SSSR count). The van der Waals surface area contributed by atoms with Gasteiger partial charge in [0.05, 0.1) is 6.04 Å². The Hall–Kier alpha value is -2.14. The number of hydrogen-bond donors (Lipinski definition) is 3. The van der Waals surface area contributed by atoms with Crippen LogP contribution in [0.2, 0.25) is 0 Å². The molecule has 0 heterocycles. The molecule has 102 valence electrons. The van der Waals surface area contributed by atoms with Crippen LogP contribution in [0.25, 0.3) is 0 Å². The number of hydrogen-bond acceptors (Lipinski definition) is 3. The second kappa shape index (κ2) is 7.33. The highest BCUT2D eigenvalue weighted by molar-refractivity contribution is 5.87. The number of nitrogens with two attached hydrogens (primary N) is 1. The van der Waals surface area contributed by atoms with Gasteiger partial charge in [-0.1, -0.05) is 36.4 Å². The van der Waals surface area contributed by atoms with E-state index in [-0.39, 0.29) is 6.42 Å². The van der Waals surface area contributed by atoms with Crippen LogP contribution in [0.4, 0.5) is 0 Å². The second-order valence-electron chi connectivity index (χ2n) is 4.22. The zero-order valence-corrected chi connectivity index (χ0v) is 10.6. The van der Waals surface area contributed by atoms with Crippen LogP contribution in [0.15, 0.2) is 43.0 Å². The van der Waals surface area contributed by atoms with Crippen molar-refractivity contribution in [2.45, 2.75) is 24.9 Å². The summed E-state index contributed by atoms with van der Waals surface area (Å²) < 4.78 is 0. The monoisotopic (exact) mass is 262 g/mol. The molecule has 19 heavy (non-hydrogen) atoms. The Kier molecular flexibility index (Phi) is 5.75. The Labute approximate surface area is 112 Å². The fraction of sp³-hybridized carbons (Fsp3) is 0.286. The van der Waals surface area contributed by atoms with E-state index in [0.717, 1.165) is 5.56 Å². The molecular formula is C14H18N2O3. The minimum Gasteiger partial charge on any atom is -0.480 e.